The molecule has 3 aromatic rings. The van der Waals surface area contributed by atoms with Crippen molar-refractivity contribution in [3.05, 3.63) is 71.1 Å². The molecular formula is C25H27FN2O5. The standard InChI is InChI=1S/C25H27FN2O5/c1-16-4-8-20(9-5-16)24-27-23(18(3)33-24)15-31-21-10-6-19(7-11-21)14-22(25(29)30)17(2)28-32-13-12-26/h4-11,22H,12-15H2,1-3H3,(H,29,30)/b28-17+. The van der Waals surface area contributed by atoms with E-state index in [9.17, 15) is 14.3 Å². The number of benzene rings is 2. The number of aryl methyl sites for hydroxylation is 2. The van der Waals surface area contributed by atoms with Gasteiger partial charge < -0.3 is 19.1 Å². The summed E-state index contributed by atoms with van der Waals surface area (Å²) in [6.45, 7) is 4.79. The molecule has 1 aromatic heterocycles. The number of carboxylic acids is 1. The third-order valence-electron chi connectivity index (χ3n) is 5.11. The van der Waals surface area contributed by atoms with E-state index in [0.29, 0.717) is 23.1 Å². The van der Waals surface area contributed by atoms with Crippen molar-refractivity contribution in [2.75, 3.05) is 13.3 Å². The average molecular weight is 454 g/mol. The first-order chi connectivity index (χ1) is 15.9. The summed E-state index contributed by atoms with van der Waals surface area (Å²) in [5.41, 5.74) is 3.86. The Hall–Kier alpha value is -3.68. The van der Waals surface area contributed by atoms with E-state index in [1.807, 2.05) is 38.1 Å². The van der Waals surface area contributed by atoms with E-state index in [-0.39, 0.29) is 25.3 Å². The lowest BCUT2D eigenvalue weighted by molar-refractivity contribution is -0.139. The van der Waals surface area contributed by atoms with Crippen molar-refractivity contribution in [1.29, 1.82) is 0 Å². The molecule has 0 saturated heterocycles. The van der Waals surface area contributed by atoms with Crippen molar-refractivity contribution < 1.29 is 28.3 Å². The fourth-order valence-electron chi connectivity index (χ4n) is 3.15. The minimum Gasteiger partial charge on any atom is -0.487 e. The predicted octanol–water partition coefficient (Wildman–Crippen LogP) is 5.14. The van der Waals surface area contributed by atoms with E-state index in [0.717, 1.165) is 16.7 Å². The van der Waals surface area contributed by atoms with Crippen LogP contribution in [0.15, 0.2) is 58.1 Å². The Labute approximate surface area is 191 Å². The van der Waals surface area contributed by atoms with Crippen LogP contribution in [0.3, 0.4) is 0 Å². The normalized spacial score (nSPS) is 12.4. The molecule has 0 bridgehead atoms. The number of aliphatic carboxylic acids is 1. The van der Waals surface area contributed by atoms with Crippen LogP contribution in [-0.2, 0) is 22.7 Å². The summed E-state index contributed by atoms with van der Waals surface area (Å²) in [6.07, 6.45) is 0.228. The van der Waals surface area contributed by atoms with Crippen molar-refractivity contribution in [1.82, 2.24) is 4.98 Å². The van der Waals surface area contributed by atoms with Gasteiger partial charge >= 0.3 is 5.97 Å². The van der Waals surface area contributed by atoms with Crippen molar-refractivity contribution in [3.8, 4) is 17.2 Å². The Morgan fingerprint density at radius 2 is 1.85 bits per heavy atom. The van der Waals surface area contributed by atoms with Gasteiger partial charge in [0.1, 0.15) is 43.0 Å². The van der Waals surface area contributed by atoms with Crippen LogP contribution in [0.1, 0.15) is 29.5 Å². The number of oxazole rings is 1. The van der Waals surface area contributed by atoms with E-state index in [1.165, 1.54) is 0 Å². The summed E-state index contributed by atoms with van der Waals surface area (Å²) in [7, 11) is 0. The van der Waals surface area contributed by atoms with Gasteiger partial charge in [-0.15, -0.1) is 0 Å². The van der Waals surface area contributed by atoms with Crippen LogP contribution in [0, 0.1) is 19.8 Å². The Bertz CT molecular complexity index is 1090. The molecule has 0 aliphatic heterocycles. The molecule has 0 amide bonds. The summed E-state index contributed by atoms with van der Waals surface area (Å²) in [5.74, 6) is -0.0211. The highest BCUT2D eigenvalue weighted by Gasteiger charge is 2.22. The zero-order valence-corrected chi connectivity index (χ0v) is 18.9. The third-order valence-corrected chi connectivity index (χ3v) is 5.11. The number of ether oxygens (including phenoxy) is 1. The number of aromatic nitrogens is 1. The van der Waals surface area contributed by atoms with Gasteiger partial charge in [0.25, 0.3) is 0 Å². The van der Waals surface area contributed by atoms with Crippen molar-refractivity contribution in [2.24, 2.45) is 11.1 Å². The number of carbonyl (C=O) groups is 1. The summed E-state index contributed by atoms with van der Waals surface area (Å²) in [4.78, 5) is 20.9. The highest BCUT2D eigenvalue weighted by molar-refractivity contribution is 6.00. The fraction of sp³-hybridized carbons (Fsp3) is 0.320. The van der Waals surface area contributed by atoms with Crippen LogP contribution in [0.4, 0.5) is 4.39 Å². The Morgan fingerprint density at radius 1 is 1.15 bits per heavy atom. The highest BCUT2D eigenvalue weighted by atomic mass is 19.1. The lowest BCUT2D eigenvalue weighted by Gasteiger charge is -2.12. The molecule has 3 rings (SSSR count). The first kappa shape index (κ1) is 24.0. The van der Waals surface area contributed by atoms with Crippen LogP contribution >= 0.6 is 0 Å². The average Bonchev–Trinajstić information content (AvgIpc) is 3.17. The largest absolute Gasteiger partial charge is 0.487 e. The quantitative estimate of drug-likeness (QED) is 0.245. The van der Waals surface area contributed by atoms with E-state index in [1.54, 1.807) is 31.2 Å². The molecule has 1 N–H and O–H groups in total. The van der Waals surface area contributed by atoms with Gasteiger partial charge in [-0.25, -0.2) is 9.37 Å². The summed E-state index contributed by atoms with van der Waals surface area (Å²) in [6, 6.07) is 15.1. The summed E-state index contributed by atoms with van der Waals surface area (Å²) < 4.78 is 23.8. The maximum Gasteiger partial charge on any atom is 0.312 e. The van der Waals surface area contributed by atoms with E-state index >= 15 is 0 Å². The SMILES string of the molecule is C/C(=N\OCCF)C(Cc1ccc(OCc2nc(-c3ccc(C)cc3)oc2C)cc1)C(=O)O. The molecule has 1 heterocycles. The molecular weight excluding hydrogens is 427 g/mol. The molecule has 0 aliphatic rings. The Kier molecular flexibility index (Phi) is 8.18. The number of hydrogen-bond acceptors (Lipinski definition) is 6. The maximum atomic E-state index is 12.1. The number of rotatable bonds is 11. The monoisotopic (exact) mass is 454 g/mol. The van der Waals surface area contributed by atoms with Gasteiger partial charge in [-0.2, -0.15) is 0 Å². The third kappa shape index (κ3) is 6.65. The molecule has 0 saturated carbocycles. The lowest BCUT2D eigenvalue weighted by atomic mass is 9.95. The van der Waals surface area contributed by atoms with Crippen molar-refractivity contribution in [3.63, 3.8) is 0 Å². The molecule has 7 nitrogen and oxygen atoms in total. The molecule has 0 spiro atoms. The zero-order chi connectivity index (χ0) is 23.8. The lowest BCUT2D eigenvalue weighted by Crippen LogP contribution is -2.24. The molecule has 33 heavy (non-hydrogen) atoms. The minimum absolute atomic E-state index is 0.201. The van der Waals surface area contributed by atoms with Gasteiger partial charge in [0.05, 0.1) is 5.71 Å². The second-order valence-electron chi connectivity index (χ2n) is 7.67. The van der Waals surface area contributed by atoms with Crippen LogP contribution < -0.4 is 4.74 Å². The number of carboxylic acid groups (broad SMARTS) is 1. The van der Waals surface area contributed by atoms with Crippen molar-refractivity contribution in [2.45, 2.75) is 33.8 Å². The van der Waals surface area contributed by atoms with Gasteiger partial charge in [-0.1, -0.05) is 35.0 Å². The van der Waals surface area contributed by atoms with Gasteiger partial charge in [0, 0.05) is 5.56 Å². The van der Waals surface area contributed by atoms with Gasteiger partial charge in [0.15, 0.2) is 0 Å². The second-order valence-corrected chi connectivity index (χ2v) is 7.67. The van der Waals surface area contributed by atoms with E-state index < -0.39 is 18.6 Å². The number of oxime groups is 1. The predicted molar refractivity (Wildman–Crippen MR) is 122 cm³/mol. The first-order valence-corrected chi connectivity index (χ1v) is 10.6. The van der Waals surface area contributed by atoms with Crippen LogP contribution in [-0.4, -0.2) is 35.1 Å². The molecule has 0 fully saturated rings. The molecule has 2 aromatic carbocycles. The zero-order valence-electron chi connectivity index (χ0n) is 18.9. The fourth-order valence-corrected chi connectivity index (χ4v) is 3.15. The number of hydrogen-bond donors (Lipinski definition) is 1. The van der Waals surface area contributed by atoms with Crippen LogP contribution in [0.2, 0.25) is 0 Å². The second kappa shape index (κ2) is 11.3. The smallest absolute Gasteiger partial charge is 0.312 e. The molecule has 8 heteroatoms. The van der Waals surface area contributed by atoms with E-state index in [4.69, 9.17) is 14.0 Å². The molecule has 1 atom stereocenters. The minimum atomic E-state index is -1.02. The topological polar surface area (TPSA) is 94.2 Å². The molecule has 0 aliphatic carbocycles. The number of alkyl halides is 1. The summed E-state index contributed by atoms with van der Waals surface area (Å²) in [5, 5.41) is 13.2. The van der Waals surface area contributed by atoms with Crippen LogP contribution in [0.25, 0.3) is 11.5 Å². The van der Waals surface area contributed by atoms with E-state index in [2.05, 4.69) is 10.1 Å². The molecule has 174 valence electrons. The van der Waals surface area contributed by atoms with Crippen molar-refractivity contribution >= 4 is 11.7 Å². The number of nitrogens with zero attached hydrogens (tertiary/aromatic N) is 2. The molecule has 0 radical (unpaired) electrons. The number of halogens is 1. The van der Waals surface area contributed by atoms with Gasteiger partial charge in [0.2, 0.25) is 5.89 Å². The van der Waals surface area contributed by atoms with Gasteiger partial charge in [-0.3, -0.25) is 4.79 Å². The highest BCUT2D eigenvalue weighted by Crippen LogP contribution is 2.24. The first-order valence-electron chi connectivity index (χ1n) is 10.6. The van der Waals surface area contributed by atoms with Gasteiger partial charge in [-0.05, 0) is 57.0 Å². The maximum absolute atomic E-state index is 12.1. The molecule has 1 unspecified atom stereocenters. The summed E-state index contributed by atoms with van der Waals surface area (Å²) >= 11 is 0. The Balaban J connectivity index is 1.61. The Morgan fingerprint density at radius 3 is 2.48 bits per heavy atom. The van der Waals surface area contributed by atoms with Crippen LogP contribution in [0.5, 0.6) is 5.75 Å².